The predicted octanol–water partition coefficient (Wildman–Crippen LogP) is 0.169. The number of hydrogen-bond donors (Lipinski definition) is 4. The van der Waals surface area contributed by atoms with Crippen molar-refractivity contribution in [2.45, 2.75) is 31.5 Å². The van der Waals surface area contributed by atoms with E-state index in [4.69, 9.17) is 4.74 Å². The Balaban J connectivity index is 1.98. The lowest BCUT2D eigenvalue weighted by molar-refractivity contribution is -0.0203. The van der Waals surface area contributed by atoms with Gasteiger partial charge in [0, 0.05) is 18.0 Å². The Kier molecular flexibility index (Phi) is 4.63. The third-order valence-corrected chi connectivity index (χ3v) is 4.14. The Morgan fingerprint density at radius 2 is 2.17 bits per heavy atom. The molecule has 128 valence electrons. The lowest BCUT2D eigenvalue weighted by atomic mass is 10.1. The highest BCUT2D eigenvalue weighted by molar-refractivity contribution is 5.66. The van der Waals surface area contributed by atoms with Crippen molar-refractivity contribution in [1.82, 2.24) is 15.0 Å². The molecule has 1 aliphatic rings. The van der Waals surface area contributed by atoms with Gasteiger partial charge in [0.25, 0.3) is 0 Å². The summed E-state index contributed by atoms with van der Waals surface area (Å²) in [4.78, 5) is 13.2. The van der Waals surface area contributed by atoms with Crippen LogP contribution in [-0.2, 0) is 4.74 Å². The van der Waals surface area contributed by atoms with Crippen LogP contribution in [0.5, 0.6) is 0 Å². The van der Waals surface area contributed by atoms with Crippen LogP contribution in [0.15, 0.2) is 37.4 Å². The minimum Gasteiger partial charge on any atom is -0.394 e. The minimum absolute atomic E-state index is 0.393. The van der Waals surface area contributed by atoms with Crippen LogP contribution in [0, 0.1) is 6.92 Å². The van der Waals surface area contributed by atoms with Gasteiger partial charge in [0.2, 0.25) is 0 Å². The standard InChI is InChI=1S/C16H20N4O4/c1-3-20(16-14(23)13(22)11(7-21)24-16)15-9(2)12(18-8-19-15)10-5-4-6-17-10/h3-6,8,11,13-14,16-17,21-23H,1,7H2,2H3/t11-,13-,14-,16-/m1/s1. The zero-order valence-corrected chi connectivity index (χ0v) is 13.2. The molecule has 0 bridgehead atoms. The maximum absolute atomic E-state index is 10.2. The first-order valence-electron chi connectivity index (χ1n) is 7.57. The van der Waals surface area contributed by atoms with E-state index in [-0.39, 0.29) is 0 Å². The summed E-state index contributed by atoms with van der Waals surface area (Å²) >= 11 is 0. The molecule has 8 heteroatoms. The van der Waals surface area contributed by atoms with Gasteiger partial charge >= 0.3 is 0 Å². The smallest absolute Gasteiger partial charge is 0.164 e. The zero-order valence-electron chi connectivity index (χ0n) is 13.2. The van der Waals surface area contributed by atoms with Gasteiger partial charge in [-0.1, -0.05) is 6.58 Å². The summed E-state index contributed by atoms with van der Waals surface area (Å²) in [6.45, 7) is 5.21. The van der Waals surface area contributed by atoms with Crippen LogP contribution in [0.25, 0.3) is 11.4 Å². The Morgan fingerprint density at radius 1 is 1.38 bits per heavy atom. The van der Waals surface area contributed by atoms with Crippen LogP contribution < -0.4 is 4.90 Å². The molecule has 4 N–H and O–H groups in total. The fourth-order valence-electron chi connectivity index (χ4n) is 2.87. The van der Waals surface area contributed by atoms with Crippen LogP contribution in [-0.4, -0.2) is 61.4 Å². The van der Waals surface area contributed by atoms with Crippen molar-refractivity contribution < 1.29 is 20.1 Å². The van der Waals surface area contributed by atoms with E-state index in [9.17, 15) is 15.3 Å². The molecule has 8 nitrogen and oxygen atoms in total. The van der Waals surface area contributed by atoms with Crippen LogP contribution >= 0.6 is 0 Å². The molecule has 3 rings (SSSR count). The fraction of sp³-hybridized carbons (Fsp3) is 0.375. The molecular weight excluding hydrogens is 312 g/mol. The Hall–Kier alpha value is -2.26. The number of aromatic nitrogens is 3. The molecule has 1 fully saturated rings. The molecule has 2 aromatic heterocycles. The van der Waals surface area contributed by atoms with Gasteiger partial charge in [-0.15, -0.1) is 0 Å². The van der Waals surface area contributed by atoms with Crippen molar-refractivity contribution in [2.24, 2.45) is 0 Å². The number of aromatic amines is 1. The second-order valence-corrected chi connectivity index (χ2v) is 5.57. The number of aliphatic hydroxyl groups is 3. The first kappa shape index (κ1) is 16.6. The fourth-order valence-corrected chi connectivity index (χ4v) is 2.87. The predicted molar refractivity (Wildman–Crippen MR) is 87.0 cm³/mol. The largest absolute Gasteiger partial charge is 0.394 e. The molecule has 0 aromatic carbocycles. The van der Waals surface area contributed by atoms with Crippen molar-refractivity contribution >= 4 is 5.82 Å². The number of rotatable bonds is 5. The van der Waals surface area contributed by atoms with Crippen molar-refractivity contribution in [3.8, 4) is 11.4 Å². The Bertz CT molecular complexity index is 706. The molecule has 0 aliphatic carbocycles. The molecule has 4 atom stereocenters. The van der Waals surface area contributed by atoms with Crippen molar-refractivity contribution in [3.05, 3.63) is 43.0 Å². The maximum atomic E-state index is 10.2. The molecule has 1 aliphatic heterocycles. The topological polar surface area (TPSA) is 115 Å². The molecule has 0 amide bonds. The third kappa shape index (κ3) is 2.69. The minimum atomic E-state index is -1.21. The molecule has 1 saturated heterocycles. The lowest BCUT2D eigenvalue weighted by Gasteiger charge is -2.29. The summed E-state index contributed by atoms with van der Waals surface area (Å²) in [6.07, 6.45) is 0.520. The van der Waals surface area contributed by atoms with Crippen LogP contribution in [0.1, 0.15) is 5.56 Å². The van der Waals surface area contributed by atoms with Crippen molar-refractivity contribution in [2.75, 3.05) is 11.5 Å². The van der Waals surface area contributed by atoms with E-state index in [1.54, 1.807) is 6.20 Å². The summed E-state index contributed by atoms with van der Waals surface area (Å²) in [5, 5.41) is 29.5. The molecule has 2 aromatic rings. The molecule has 0 saturated carbocycles. The highest BCUT2D eigenvalue weighted by Gasteiger charge is 2.45. The van der Waals surface area contributed by atoms with E-state index in [1.807, 2.05) is 19.1 Å². The van der Waals surface area contributed by atoms with Crippen LogP contribution in [0.3, 0.4) is 0 Å². The van der Waals surface area contributed by atoms with Crippen LogP contribution in [0.2, 0.25) is 0 Å². The molecule has 0 radical (unpaired) electrons. The summed E-state index contributed by atoms with van der Waals surface area (Å²) in [5.41, 5.74) is 2.31. The number of nitrogens with zero attached hydrogens (tertiary/aromatic N) is 3. The van der Waals surface area contributed by atoms with Gasteiger partial charge in [-0.3, -0.25) is 0 Å². The first-order valence-corrected chi connectivity index (χ1v) is 7.57. The second-order valence-electron chi connectivity index (χ2n) is 5.57. The van der Waals surface area contributed by atoms with Crippen LogP contribution in [0.4, 0.5) is 5.82 Å². The number of ether oxygens (including phenoxy) is 1. The van der Waals surface area contributed by atoms with Gasteiger partial charge in [-0.05, 0) is 19.1 Å². The van der Waals surface area contributed by atoms with Gasteiger partial charge in [0.15, 0.2) is 6.23 Å². The molecule has 24 heavy (non-hydrogen) atoms. The SMILES string of the molecule is C=CN(c1ncnc(-c2ccc[nH]2)c1C)[C@@H]1O[C@H](CO)[C@@H](O)[C@H]1O. The highest BCUT2D eigenvalue weighted by atomic mass is 16.6. The van der Waals surface area contributed by atoms with Gasteiger partial charge in [0.05, 0.1) is 18.0 Å². The summed E-state index contributed by atoms with van der Waals surface area (Å²) < 4.78 is 5.56. The van der Waals surface area contributed by atoms with Gasteiger partial charge < -0.3 is 29.9 Å². The molecule has 0 unspecified atom stereocenters. The zero-order chi connectivity index (χ0) is 17.3. The van der Waals surface area contributed by atoms with E-state index in [0.29, 0.717) is 11.5 Å². The number of H-pyrrole nitrogens is 1. The maximum Gasteiger partial charge on any atom is 0.164 e. The third-order valence-electron chi connectivity index (χ3n) is 4.14. The average molecular weight is 332 g/mol. The van der Waals surface area contributed by atoms with E-state index in [0.717, 1.165) is 11.3 Å². The van der Waals surface area contributed by atoms with Gasteiger partial charge in [-0.25, -0.2) is 9.97 Å². The first-order chi connectivity index (χ1) is 11.6. The highest BCUT2D eigenvalue weighted by Crippen LogP contribution is 2.31. The Labute approximate surface area is 139 Å². The van der Waals surface area contributed by atoms with Crippen molar-refractivity contribution in [1.29, 1.82) is 0 Å². The molecular formula is C16H20N4O4. The normalized spacial score (nSPS) is 26.5. The number of anilines is 1. The van der Waals surface area contributed by atoms with Crippen molar-refractivity contribution in [3.63, 3.8) is 0 Å². The second kappa shape index (κ2) is 6.70. The van der Waals surface area contributed by atoms with E-state index < -0.39 is 31.1 Å². The van der Waals surface area contributed by atoms with E-state index in [2.05, 4.69) is 21.5 Å². The van der Waals surface area contributed by atoms with E-state index >= 15 is 0 Å². The quantitative estimate of drug-likeness (QED) is 0.617. The monoisotopic (exact) mass is 332 g/mol. The summed E-state index contributed by atoms with van der Waals surface area (Å²) in [5.74, 6) is 0.499. The van der Waals surface area contributed by atoms with Gasteiger partial charge in [0.1, 0.15) is 30.5 Å². The average Bonchev–Trinajstić information content (AvgIpc) is 3.21. The lowest BCUT2D eigenvalue weighted by Crippen LogP contribution is -2.42. The van der Waals surface area contributed by atoms with Gasteiger partial charge in [-0.2, -0.15) is 0 Å². The summed E-state index contributed by atoms with van der Waals surface area (Å²) in [7, 11) is 0. The summed E-state index contributed by atoms with van der Waals surface area (Å²) in [6, 6.07) is 3.76. The van der Waals surface area contributed by atoms with E-state index in [1.165, 1.54) is 17.4 Å². The molecule has 3 heterocycles. The number of aliphatic hydroxyl groups excluding tert-OH is 3. The molecule has 0 spiro atoms. The number of hydrogen-bond acceptors (Lipinski definition) is 7. The Morgan fingerprint density at radius 3 is 2.75 bits per heavy atom. The number of nitrogens with one attached hydrogen (secondary N) is 1.